The van der Waals surface area contributed by atoms with E-state index in [2.05, 4.69) is 14.8 Å². The van der Waals surface area contributed by atoms with Gasteiger partial charge in [0.15, 0.2) is 0 Å². The molecule has 4 N–H and O–H groups in total. The van der Waals surface area contributed by atoms with Gasteiger partial charge < -0.3 is 20.6 Å². The Labute approximate surface area is 134 Å². The van der Waals surface area contributed by atoms with Gasteiger partial charge in [0.25, 0.3) is 0 Å². The first-order chi connectivity index (χ1) is 10.4. The summed E-state index contributed by atoms with van der Waals surface area (Å²) in [6.45, 7) is -0.0726. The molecule has 126 valence electrons. The van der Waals surface area contributed by atoms with Crippen molar-refractivity contribution < 1.29 is 22.2 Å². The minimum Gasteiger partial charge on any atom is -0.346 e. The molecule has 3 atom stereocenters. The van der Waals surface area contributed by atoms with Crippen molar-refractivity contribution in [3.8, 4) is 0 Å². The summed E-state index contributed by atoms with van der Waals surface area (Å²) >= 11 is 1.81. The molecule has 8 nitrogen and oxygen atoms in total. The van der Waals surface area contributed by atoms with Gasteiger partial charge >= 0.3 is 22.1 Å². The maximum Gasteiger partial charge on any atom is 0.322 e. The van der Waals surface area contributed by atoms with Crippen LogP contribution in [0.1, 0.15) is 25.7 Å². The molecule has 2 saturated heterocycles. The molecule has 0 spiro atoms. The Morgan fingerprint density at radius 3 is 2.86 bits per heavy atom. The molecule has 0 radical (unpaired) electrons. The van der Waals surface area contributed by atoms with Crippen LogP contribution in [0.15, 0.2) is 0 Å². The Kier molecular flexibility index (Phi) is 5.93. The fourth-order valence-electron chi connectivity index (χ4n) is 2.63. The number of unbranched alkanes of at least 4 members (excludes halogenated alkanes) is 1. The third-order valence-electron chi connectivity index (χ3n) is 3.65. The summed E-state index contributed by atoms with van der Waals surface area (Å²) < 4.78 is 26.9. The summed E-state index contributed by atoms with van der Waals surface area (Å²) in [5, 5.41) is 6.11. The number of hydrogen-bond acceptors (Lipinski definition) is 7. The van der Waals surface area contributed by atoms with Crippen LogP contribution in [0, 0.1) is 0 Å². The molecule has 2 amide bonds. The lowest BCUT2D eigenvalue weighted by atomic mass is 10.0. The van der Waals surface area contributed by atoms with E-state index in [1.807, 2.05) is 11.8 Å². The van der Waals surface area contributed by atoms with Gasteiger partial charge in [0.1, 0.15) is 0 Å². The monoisotopic (exact) mass is 351 g/mol. The molecular weight excluding hydrogens is 330 g/mol. The predicted molar refractivity (Wildman–Crippen MR) is 82.9 cm³/mol. The van der Waals surface area contributed by atoms with Crippen molar-refractivity contribution >= 4 is 33.9 Å². The molecule has 0 bridgehead atoms. The molecule has 2 aliphatic heterocycles. The highest BCUT2D eigenvalue weighted by atomic mass is 32.2. The van der Waals surface area contributed by atoms with Gasteiger partial charge in [-0.1, -0.05) is 6.42 Å². The first-order valence-corrected chi connectivity index (χ1v) is 9.87. The highest BCUT2D eigenvalue weighted by Gasteiger charge is 2.42. The SMILES string of the molecule is NCCS(=O)(=O)OC(=O)CCCC[C@@H]1SC[C@@H]2NC(=O)N[C@@H]21. The van der Waals surface area contributed by atoms with E-state index in [-0.39, 0.29) is 36.8 Å². The number of rotatable bonds is 8. The van der Waals surface area contributed by atoms with Crippen molar-refractivity contribution in [2.24, 2.45) is 5.73 Å². The Morgan fingerprint density at radius 1 is 1.36 bits per heavy atom. The van der Waals surface area contributed by atoms with E-state index in [1.54, 1.807) is 0 Å². The molecule has 0 saturated carbocycles. The molecule has 0 aromatic carbocycles. The van der Waals surface area contributed by atoms with Gasteiger partial charge in [-0.05, 0) is 12.8 Å². The number of fused-ring (bicyclic) bond motifs is 1. The van der Waals surface area contributed by atoms with E-state index < -0.39 is 16.1 Å². The Bertz CT molecular complexity index is 525. The van der Waals surface area contributed by atoms with Crippen molar-refractivity contribution in [2.75, 3.05) is 18.1 Å². The van der Waals surface area contributed by atoms with E-state index in [0.717, 1.165) is 18.6 Å². The molecule has 0 aromatic rings. The van der Waals surface area contributed by atoms with Gasteiger partial charge in [-0.2, -0.15) is 20.2 Å². The lowest BCUT2D eigenvalue weighted by Gasteiger charge is -2.16. The van der Waals surface area contributed by atoms with Crippen molar-refractivity contribution in [1.82, 2.24) is 10.6 Å². The molecule has 2 rings (SSSR count). The van der Waals surface area contributed by atoms with Crippen LogP contribution in [-0.2, 0) is 19.1 Å². The Balaban J connectivity index is 1.63. The molecule has 0 aromatic heterocycles. The van der Waals surface area contributed by atoms with Gasteiger partial charge in [-0.15, -0.1) is 0 Å². The van der Waals surface area contributed by atoms with E-state index in [1.165, 1.54) is 0 Å². The second-order valence-corrected chi connectivity index (χ2v) is 8.34. The van der Waals surface area contributed by atoms with Crippen molar-refractivity contribution in [3.63, 3.8) is 0 Å². The highest BCUT2D eigenvalue weighted by Crippen LogP contribution is 2.33. The average molecular weight is 351 g/mol. The average Bonchev–Trinajstić information content (AvgIpc) is 2.93. The zero-order valence-corrected chi connectivity index (χ0v) is 13.7. The molecule has 0 aliphatic carbocycles. The van der Waals surface area contributed by atoms with Gasteiger partial charge in [-0.3, -0.25) is 4.79 Å². The first kappa shape index (κ1) is 17.4. The second kappa shape index (κ2) is 7.51. The number of hydrogen-bond donors (Lipinski definition) is 3. The molecule has 2 aliphatic rings. The first-order valence-electron chi connectivity index (χ1n) is 7.25. The van der Waals surface area contributed by atoms with E-state index >= 15 is 0 Å². The summed E-state index contributed by atoms with van der Waals surface area (Å²) in [5.41, 5.74) is 5.13. The standard InChI is InChI=1S/C12H21N3O5S2/c13-5-6-22(18,19)20-10(16)4-2-1-3-9-11-8(7-21-9)14-12(17)15-11/h8-9,11H,1-7,13H2,(H2,14,15,17)/t8-,9-,11-/m0/s1. The van der Waals surface area contributed by atoms with Crippen molar-refractivity contribution in [1.29, 1.82) is 0 Å². The lowest BCUT2D eigenvalue weighted by Crippen LogP contribution is -2.36. The third-order valence-corrected chi connectivity index (χ3v) is 6.33. The summed E-state index contributed by atoms with van der Waals surface area (Å²) in [4.78, 5) is 22.7. The van der Waals surface area contributed by atoms with Crippen LogP contribution in [0.2, 0.25) is 0 Å². The normalized spacial score (nSPS) is 27.1. The van der Waals surface area contributed by atoms with E-state index in [4.69, 9.17) is 5.73 Å². The number of urea groups is 1. The number of thioether (sulfide) groups is 1. The second-order valence-electron chi connectivity index (χ2n) is 5.37. The van der Waals surface area contributed by atoms with Gasteiger partial charge in [0.2, 0.25) is 0 Å². The summed E-state index contributed by atoms with van der Waals surface area (Å²) in [6.07, 6.45) is 2.28. The lowest BCUT2D eigenvalue weighted by molar-refractivity contribution is -0.133. The van der Waals surface area contributed by atoms with Crippen LogP contribution >= 0.6 is 11.8 Å². The fraction of sp³-hybridized carbons (Fsp3) is 0.833. The van der Waals surface area contributed by atoms with Gasteiger partial charge in [0.05, 0.1) is 17.8 Å². The maximum absolute atomic E-state index is 11.4. The van der Waals surface area contributed by atoms with E-state index in [0.29, 0.717) is 11.7 Å². The molecule has 10 heteroatoms. The molecule has 0 unspecified atom stereocenters. The Hall–Kier alpha value is -1.00. The van der Waals surface area contributed by atoms with Crippen LogP contribution < -0.4 is 16.4 Å². The zero-order valence-electron chi connectivity index (χ0n) is 12.1. The summed E-state index contributed by atoms with van der Waals surface area (Å²) in [7, 11) is -3.84. The number of nitrogens with one attached hydrogen (secondary N) is 2. The largest absolute Gasteiger partial charge is 0.346 e. The quantitative estimate of drug-likeness (QED) is 0.307. The minimum atomic E-state index is -3.84. The minimum absolute atomic E-state index is 0.0693. The Morgan fingerprint density at radius 2 is 2.14 bits per heavy atom. The molecule has 22 heavy (non-hydrogen) atoms. The van der Waals surface area contributed by atoms with Crippen molar-refractivity contribution in [3.05, 3.63) is 0 Å². The smallest absolute Gasteiger partial charge is 0.322 e. The van der Waals surface area contributed by atoms with Gasteiger partial charge in [0, 0.05) is 24.0 Å². The van der Waals surface area contributed by atoms with Crippen LogP contribution in [0.4, 0.5) is 4.79 Å². The van der Waals surface area contributed by atoms with Crippen LogP contribution in [-0.4, -0.2) is 55.8 Å². The number of nitrogens with two attached hydrogens (primary N) is 1. The highest BCUT2D eigenvalue weighted by molar-refractivity contribution is 8.00. The van der Waals surface area contributed by atoms with Crippen LogP contribution in [0.3, 0.4) is 0 Å². The topological polar surface area (TPSA) is 128 Å². The van der Waals surface area contributed by atoms with Gasteiger partial charge in [-0.25, -0.2) is 4.79 Å². The fourth-order valence-corrected chi connectivity index (χ4v) is 4.91. The molecule has 2 fully saturated rings. The maximum atomic E-state index is 11.4. The van der Waals surface area contributed by atoms with E-state index in [9.17, 15) is 18.0 Å². The summed E-state index contributed by atoms with van der Waals surface area (Å²) in [6, 6.07) is 0.220. The zero-order chi connectivity index (χ0) is 16.2. The molecular formula is C12H21N3O5S2. The number of carbonyl (C=O) groups is 2. The molecule has 2 heterocycles. The number of amides is 2. The summed E-state index contributed by atoms with van der Waals surface area (Å²) in [5.74, 6) is -0.193. The van der Waals surface area contributed by atoms with Crippen LogP contribution in [0.25, 0.3) is 0 Å². The third kappa shape index (κ3) is 4.75. The van der Waals surface area contributed by atoms with Crippen molar-refractivity contribution in [2.45, 2.75) is 43.0 Å². The van der Waals surface area contributed by atoms with Crippen LogP contribution in [0.5, 0.6) is 0 Å². The number of carbonyl (C=O) groups excluding carboxylic acids is 2. The predicted octanol–water partition coefficient (Wildman–Crippen LogP) is -0.456.